The number of hydrogen-bond acceptors (Lipinski definition) is 2. The highest BCUT2D eigenvalue weighted by atomic mass is 32.1. The van der Waals surface area contributed by atoms with E-state index in [1.165, 1.54) is 23.5 Å². The summed E-state index contributed by atoms with van der Waals surface area (Å²) in [5.74, 6) is -0.234. The Morgan fingerprint density at radius 3 is 2.56 bits per heavy atom. The molecule has 0 bridgehead atoms. The van der Waals surface area contributed by atoms with Crippen molar-refractivity contribution in [3.63, 3.8) is 0 Å². The van der Waals surface area contributed by atoms with E-state index >= 15 is 0 Å². The van der Waals surface area contributed by atoms with Gasteiger partial charge in [-0.05, 0) is 35.1 Å². The fourth-order valence-corrected chi connectivity index (χ4v) is 2.87. The molecule has 0 radical (unpaired) electrons. The van der Waals surface area contributed by atoms with Gasteiger partial charge in [0.15, 0.2) is 0 Å². The summed E-state index contributed by atoms with van der Waals surface area (Å²) in [7, 11) is 0. The Kier molecular flexibility index (Phi) is 2.76. The summed E-state index contributed by atoms with van der Waals surface area (Å²) in [5, 5.41) is 11.0. The van der Waals surface area contributed by atoms with Crippen LogP contribution in [0.4, 0.5) is 4.39 Å². The van der Waals surface area contributed by atoms with Crippen LogP contribution in [0.3, 0.4) is 0 Å². The van der Waals surface area contributed by atoms with Gasteiger partial charge >= 0.3 is 0 Å². The normalized spacial score (nSPS) is 14.3. The van der Waals surface area contributed by atoms with Crippen LogP contribution in [0.15, 0.2) is 24.3 Å². The second-order valence-electron chi connectivity index (χ2n) is 5.10. The second kappa shape index (κ2) is 3.82. The van der Waals surface area contributed by atoms with Gasteiger partial charge in [0.2, 0.25) is 0 Å². The molecule has 1 heterocycles. The number of aliphatic hydroxyl groups is 1. The zero-order valence-electron chi connectivity index (χ0n) is 9.62. The number of benzene rings is 1. The molecule has 0 aliphatic carbocycles. The molecule has 2 aromatic rings. The zero-order valence-corrected chi connectivity index (χ0v) is 10.4. The molecule has 1 unspecified atom stereocenters. The molecule has 1 aromatic carbocycles. The predicted octanol–water partition coefficient (Wildman–Crippen LogP) is 4.12. The summed E-state index contributed by atoms with van der Waals surface area (Å²) < 4.78 is 14.0. The lowest BCUT2D eigenvalue weighted by atomic mass is 9.88. The molecule has 3 heteroatoms. The first-order valence-corrected chi connectivity index (χ1v) is 6.06. The molecule has 1 N–H and O–H groups in total. The molecule has 1 atom stereocenters. The standard InChI is InChI=1S/C13H15FOS/c1-13(2,3)12(15)11-7-8-6-9(14)4-5-10(8)16-11/h4-7,12,15H,1-3H3. The van der Waals surface area contributed by atoms with E-state index < -0.39 is 6.10 Å². The minimum atomic E-state index is -0.507. The fraction of sp³-hybridized carbons (Fsp3) is 0.385. The van der Waals surface area contributed by atoms with Gasteiger partial charge in [-0.3, -0.25) is 0 Å². The SMILES string of the molecule is CC(C)(C)C(O)c1cc2cc(F)ccc2s1. The number of thiophene rings is 1. The number of fused-ring (bicyclic) bond motifs is 1. The third-order valence-corrected chi connectivity index (χ3v) is 3.76. The lowest BCUT2D eigenvalue weighted by Gasteiger charge is -2.24. The zero-order chi connectivity index (χ0) is 11.9. The average molecular weight is 238 g/mol. The molecule has 16 heavy (non-hydrogen) atoms. The first kappa shape index (κ1) is 11.6. The minimum absolute atomic E-state index is 0.195. The summed E-state index contributed by atoms with van der Waals surface area (Å²) in [6.45, 7) is 5.97. The van der Waals surface area contributed by atoms with Crippen molar-refractivity contribution >= 4 is 21.4 Å². The first-order chi connectivity index (χ1) is 7.38. The van der Waals surface area contributed by atoms with Crippen LogP contribution in [-0.2, 0) is 0 Å². The van der Waals surface area contributed by atoms with Crippen molar-refractivity contribution in [3.8, 4) is 0 Å². The highest BCUT2D eigenvalue weighted by Crippen LogP contribution is 2.38. The molecule has 86 valence electrons. The third kappa shape index (κ3) is 2.11. The maximum absolute atomic E-state index is 13.0. The van der Waals surface area contributed by atoms with E-state index in [1.54, 1.807) is 6.07 Å². The van der Waals surface area contributed by atoms with Crippen LogP contribution in [-0.4, -0.2) is 5.11 Å². The highest BCUT2D eigenvalue weighted by molar-refractivity contribution is 7.19. The minimum Gasteiger partial charge on any atom is -0.387 e. The van der Waals surface area contributed by atoms with Gasteiger partial charge in [0.05, 0.1) is 6.10 Å². The fourth-order valence-electron chi connectivity index (χ4n) is 1.60. The van der Waals surface area contributed by atoms with E-state index in [4.69, 9.17) is 0 Å². The molecule has 1 aromatic heterocycles. The van der Waals surface area contributed by atoms with Crippen LogP contribution in [0.5, 0.6) is 0 Å². The van der Waals surface area contributed by atoms with E-state index in [2.05, 4.69) is 0 Å². The van der Waals surface area contributed by atoms with Crippen molar-refractivity contribution in [3.05, 3.63) is 35.0 Å². The molecule has 0 saturated carbocycles. The molecule has 2 rings (SSSR count). The topological polar surface area (TPSA) is 20.2 Å². The Morgan fingerprint density at radius 1 is 1.25 bits per heavy atom. The average Bonchev–Trinajstić information content (AvgIpc) is 2.57. The smallest absolute Gasteiger partial charge is 0.123 e. The van der Waals surface area contributed by atoms with E-state index in [-0.39, 0.29) is 11.2 Å². The van der Waals surface area contributed by atoms with Crippen LogP contribution >= 0.6 is 11.3 Å². The summed E-state index contributed by atoms with van der Waals surface area (Å²) >= 11 is 1.52. The van der Waals surface area contributed by atoms with Crippen LogP contribution in [0, 0.1) is 11.2 Å². The molecule has 0 aliphatic rings. The van der Waals surface area contributed by atoms with Gasteiger partial charge in [0, 0.05) is 9.58 Å². The number of aliphatic hydroxyl groups excluding tert-OH is 1. The second-order valence-corrected chi connectivity index (χ2v) is 6.21. The van der Waals surface area contributed by atoms with Crippen molar-refractivity contribution < 1.29 is 9.50 Å². The summed E-state index contributed by atoms with van der Waals surface area (Å²) in [4.78, 5) is 0.896. The molecule has 0 amide bonds. The van der Waals surface area contributed by atoms with Gasteiger partial charge in [0.1, 0.15) is 5.82 Å². The third-order valence-electron chi connectivity index (χ3n) is 2.59. The highest BCUT2D eigenvalue weighted by Gasteiger charge is 2.25. The molecule has 0 aliphatic heterocycles. The monoisotopic (exact) mass is 238 g/mol. The predicted molar refractivity (Wildman–Crippen MR) is 66.2 cm³/mol. The van der Waals surface area contributed by atoms with Gasteiger partial charge in [-0.15, -0.1) is 11.3 Å². The van der Waals surface area contributed by atoms with Crippen molar-refractivity contribution in [1.82, 2.24) is 0 Å². The van der Waals surface area contributed by atoms with E-state index in [0.717, 1.165) is 15.0 Å². The van der Waals surface area contributed by atoms with Gasteiger partial charge in [0.25, 0.3) is 0 Å². The number of rotatable bonds is 1. The van der Waals surface area contributed by atoms with Crippen molar-refractivity contribution in [2.45, 2.75) is 26.9 Å². The molecule has 0 saturated heterocycles. The Bertz CT molecular complexity index is 510. The lowest BCUT2D eigenvalue weighted by Crippen LogP contribution is -2.16. The van der Waals surface area contributed by atoms with Crippen LogP contribution < -0.4 is 0 Å². The molecular weight excluding hydrogens is 223 g/mol. The van der Waals surface area contributed by atoms with Crippen LogP contribution in [0.1, 0.15) is 31.8 Å². The van der Waals surface area contributed by atoms with Gasteiger partial charge in [-0.25, -0.2) is 4.39 Å². The van der Waals surface area contributed by atoms with E-state index in [1.807, 2.05) is 26.8 Å². The summed E-state index contributed by atoms with van der Waals surface area (Å²) in [6.07, 6.45) is -0.507. The van der Waals surface area contributed by atoms with Crippen molar-refractivity contribution in [2.24, 2.45) is 5.41 Å². The van der Waals surface area contributed by atoms with Crippen molar-refractivity contribution in [2.75, 3.05) is 0 Å². The number of halogens is 1. The van der Waals surface area contributed by atoms with E-state index in [9.17, 15) is 9.50 Å². The first-order valence-electron chi connectivity index (χ1n) is 5.25. The Morgan fingerprint density at radius 2 is 1.94 bits per heavy atom. The molecule has 1 nitrogen and oxygen atoms in total. The summed E-state index contributed by atoms with van der Waals surface area (Å²) in [6, 6.07) is 6.59. The Labute approximate surface area is 98.5 Å². The molecule has 0 fully saturated rings. The summed E-state index contributed by atoms with van der Waals surface area (Å²) in [5.41, 5.74) is -0.195. The molecule has 0 spiro atoms. The van der Waals surface area contributed by atoms with Gasteiger partial charge in [-0.2, -0.15) is 0 Å². The van der Waals surface area contributed by atoms with Gasteiger partial charge < -0.3 is 5.11 Å². The van der Waals surface area contributed by atoms with Gasteiger partial charge in [-0.1, -0.05) is 20.8 Å². The van der Waals surface area contributed by atoms with Crippen LogP contribution in [0.25, 0.3) is 10.1 Å². The maximum Gasteiger partial charge on any atom is 0.123 e. The Hall–Kier alpha value is -0.930. The Balaban J connectivity index is 2.47. The largest absolute Gasteiger partial charge is 0.387 e. The lowest BCUT2D eigenvalue weighted by molar-refractivity contribution is 0.0659. The van der Waals surface area contributed by atoms with Crippen LogP contribution in [0.2, 0.25) is 0 Å². The quantitative estimate of drug-likeness (QED) is 0.792. The number of hydrogen-bond donors (Lipinski definition) is 1. The van der Waals surface area contributed by atoms with Crippen molar-refractivity contribution in [1.29, 1.82) is 0 Å². The maximum atomic E-state index is 13.0. The molecular formula is C13H15FOS. The van der Waals surface area contributed by atoms with E-state index in [0.29, 0.717) is 0 Å².